The SMILES string of the molecule is COC(=O)c1ccc(CN[C@@H](C)c2ccc(C)o2)s1. The largest absolute Gasteiger partial charge is 0.465 e. The van der Waals surface area contributed by atoms with Crippen LogP contribution in [-0.2, 0) is 11.3 Å². The number of carbonyl (C=O) groups is 1. The summed E-state index contributed by atoms with van der Waals surface area (Å²) in [7, 11) is 1.39. The Hall–Kier alpha value is -1.59. The van der Waals surface area contributed by atoms with Crippen LogP contribution in [0.2, 0.25) is 0 Å². The lowest BCUT2D eigenvalue weighted by Gasteiger charge is -2.10. The highest BCUT2D eigenvalue weighted by Crippen LogP contribution is 2.20. The van der Waals surface area contributed by atoms with E-state index in [1.807, 2.05) is 32.0 Å². The number of nitrogens with one attached hydrogen (secondary N) is 1. The molecule has 0 bridgehead atoms. The zero-order chi connectivity index (χ0) is 13.8. The van der Waals surface area contributed by atoms with Gasteiger partial charge in [-0.25, -0.2) is 4.79 Å². The molecule has 0 aliphatic rings. The van der Waals surface area contributed by atoms with Gasteiger partial charge in [0.05, 0.1) is 13.2 Å². The minimum Gasteiger partial charge on any atom is -0.465 e. The van der Waals surface area contributed by atoms with E-state index in [1.54, 1.807) is 6.07 Å². The Balaban J connectivity index is 1.91. The fourth-order valence-corrected chi connectivity index (χ4v) is 2.60. The van der Waals surface area contributed by atoms with Gasteiger partial charge in [-0.3, -0.25) is 0 Å². The monoisotopic (exact) mass is 279 g/mol. The first-order valence-corrected chi connectivity index (χ1v) is 6.88. The van der Waals surface area contributed by atoms with Gasteiger partial charge in [0.2, 0.25) is 0 Å². The van der Waals surface area contributed by atoms with Crippen LogP contribution in [0.1, 0.15) is 39.0 Å². The van der Waals surface area contributed by atoms with Crippen LogP contribution in [0.3, 0.4) is 0 Å². The van der Waals surface area contributed by atoms with Gasteiger partial charge < -0.3 is 14.5 Å². The molecule has 102 valence electrons. The van der Waals surface area contributed by atoms with E-state index in [2.05, 4.69) is 10.1 Å². The summed E-state index contributed by atoms with van der Waals surface area (Å²) < 4.78 is 10.2. The van der Waals surface area contributed by atoms with E-state index in [0.717, 1.165) is 16.4 Å². The molecule has 2 heterocycles. The Morgan fingerprint density at radius 3 is 2.84 bits per heavy atom. The third-order valence-corrected chi connectivity index (χ3v) is 3.88. The van der Waals surface area contributed by atoms with Crippen LogP contribution in [0.5, 0.6) is 0 Å². The van der Waals surface area contributed by atoms with Crippen molar-refractivity contribution in [2.45, 2.75) is 26.4 Å². The topological polar surface area (TPSA) is 51.5 Å². The first kappa shape index (κ1) is 13.8. The maximum absolute atomic E-state index is 11.3. The summed E-state index contributed by atoms with van der Waals surface area (Å²) in [6.45, 7) is 4.67. The fourth-order valence-electron chi connectivity index (χ4n) is 1.72. The van der Waals surface area contributed by atoms with Crippen LogP contribution in [0.4, 0.5) is 0 Å². The summed E-state index contributed by atoms with van der Waals surface area (Å²) in [5, 5.41) is 3.36. The number of thiophene rings is 1. The summed E-state index contributed by atoms with van der Waals surface area (Å²) >= 11 is 1.44. The van der Waals surface area contributed by atoms with Crippen molar-refractivity contribution in [3.8, 4) is 0 Å². The van der Waals surface area contributed by atoms with Crippen molar-refractivity contribution in [2.24, 2.45) is 0 Å². The molecule has 1 atom stereocenters. The molecule has 5 heteroatoms. The van der Waals surface area contributed by atoms with Crippen LogP contribution in [-0.4, -0.2) is 13.1 Å². The summed E-state index contributed by atoms with van der Waals surface area (Å²) in [6, 6.07) is 7.78. The molecular formula is C14H17NO3S. The number of furan rings is 1. The Morgan fingerprint density at radius 1 is 1.42 bits per heavy atom. The molecule has 0 saturated heterocycles. The molecule has 2 aromatic rings. The van der Waals surface area contributed by atoms with Gasteiger partial charge in [0.15, 0.2) is 0 Å². The zero-order valence-corrected chi connectivity index (χ0v) is 12.0. The lowest BCUT2D eigenvalue weighted by Crippen LogP contribution is -2.16. The summed E-state index contributed by atoms with van der Waals surface area (Å²) in [4.78, 5) is 13.1. The number of aryl methyl sites for hydroxylation is 1. The standard InChI is InChI=1S/C14H17NO3S/c1-9-4-6-12(18-9)10(2)15-8-11-5-7-13(19-11)14(16)17-3/h4-7,10,15H,8H2,1-3H3/t10-/m0/s1. The van der Waals surface area contributed by atoms with Crippen LogP contribution in [0.15, 0.2) is 28.7 Å². The van der Waals surface area contributed by atoms with Crippen molar-refractivity contribution in [3.05, 3.63) is 45.5 Å². The zero-order valence-electron chi connectivity index (χ0n) is 11.2. The molecule has 0 aliphatic heterocycles. The smallest absolute Gasteiger partial charge is 0.348 e. The van der Waals surface area contributed by atoms with Gasteiger partial charge in [0, 0.05) is 11.4 Å². The molecule has 4 nitrogen and oxygen atoms in total. The lowest BCUT2D eigenvalue weighted by molar-refractivity contribution is 0.0606. The third-order valence-electron chi connectivity index (χ3n) is 2.82. The maximum atomic E-state index is 11.3. The molecule has 0 unspecified atom stereocenters. The normalized spacial score (nSPS) is 12.4. The van der Waals surface area contributed by atoms with Crippen molar-refractivity contribution < 1.29 is 13.9 Å². The Bertz CT molecular complexity index is 559. The van der Waals surface area contributed by atoms with Crippen LogP contribution >= 0.6 is 11.3 Å². The molecule has 0 saturated carbocycles. The van der Waals surface area contributed by atoms with E-state index >= 15 is 0 Å². The molecule has 0 aliphatic carbocycles. The van der Waals surface area contributed by atoms with Gasteiger partial charge in [-0.1, -0.05) is 0 Å². The Morgan fingerprint density at radius 2 is 2.21 bits per heavy atom. The van der Waals surface area contributed by atoms with Gasteiger partial charge in [-0.05, 0) is 38.1 Å². The molecular weight excluding hydrogens is 262 g/mol. The predicted molar refractivity (Wildman–Crippen MR) is 74.4 cm³/mol. The van der Waals surface area contributed by atoms with Gasteiger partial charge in [0.1, 0.15) is 16.4 Å². The number of methoxy groups -OCH3 is 1. The molecule has 1 N–H and O–H groups in total. The van der Waals surface area contributed by atoms with E-state index in [9.17, 15) is 4.79 Å². The molecule has 19 heavy (non-hydrogen) atoms. The van der Waals surface area contributed by atoms with Crippen molar-refractivity contribution in [1.29, 1.82) is 0 Å². The molecule has 0 amide bonds. The van der Waals surface area contributed by atoms with Crippen molar-refractivity contribution in [1.82, 2.24) is 5.32 Å². The van der Waals surface area contributed by atoms with E-state index in [4.69, 9.17) is 4.42 Å². The highest BCUT2D eigenvalue weighted by atomic mass is 32.1. The highest BCUT2D eigenvalue weighted by Gasteiger charge is 2.11. The second-order valence-electron chi connectivity index (χ2n) is 4.31. The lowest BCUT2D eigenvalue weighted by atomic mass is 10.2. The Kier molecular flexibility index (Phi) is 4.39. The number of esters is 1. The predicted octanol–water partition coefficient (Wildman–Crippen LogP) is 3.29. The first-order chi connectivity index (χ1) is 9.10. The number of carbonyl (C=O) groups excluding carboxylic acids is 1. The third kappa shape index (κ3) is 3.45. The van der Waals surface area contributed by atoms with Gasteiger partial charge >= 0.3 is 5.97 Å². The quantitative estimate of drug-likeness (QED) is 0.853. The molecule has 0 fully saturated rings. The van der Waals surface area contributed by atoms with Gasteiger partial charge in [-0.2, -0.15) is 0 Å². The molecule has 2 aromatic heterocycles. The number of ether oxygens (including phenoxy) is 1. The van der Waals surface area contributed by atoms with E-state index < -0.39 is 0 Å². The highest BCUT2D eigenvalue weighted by molar-refractivity contribution is 7.13. The maximum Gasteiger partial charge on any atom is 0.348 e. The summed E-state index contributed by atoms with van der Waals surface area (Å²) in [5.41, 5.74) is 0. The first-order valence-electron chi connectivity index (χ1n) is 6.07. The Labute approximate surface area is 116 Å². The van der Waals surface area contributed by atoms with Crippen LogP contribution in [0, 0.1) is 6.92 Å². The minimum absolute atomic E-state index is 0.136. The van der Waals surface area contributed by atoms with Crippen LogP contribution < -0.4 is 5.32 Å². The summed E-state index contributed by atoms with van der Waals surface area (Å²) in [6.07, 6.45) is 0. The molecule has 0 aromatic carbocycles. The van der Waals surface area contributed by atoms with E-state index in [0.29, 0.717) is 11.4 Å². The molecule has 0 spiro atoms. The number of rotatable bonds is 5. The van der Waals surface area contributed by atoms with E-state index in [1.165, 1.54) is 18.4 Å². The summed E-state index contributed by atoms with van der Waals surface area (Å²) in [5.74, 6) is 1.54. The van der Waals surface area contributed by atoms with Gasteiger partial charge in [-0.15, -0.1) is 11.3 Å². The molecule has 2 rings (SSSR count). The van der Waals surface area contributed by atoms with Crippen molar-refractivity contribution in [3.63, 3.8) is 0 Å². The average Bonchev–Trinajstić information content (AvgIpc) is 3.04. The second-order valence-corrected chi connectivity index (χ2v) is 5.48. The van der Waals surface area contributed by atoms with Crippen LogP contribution in [0.25, 0.3) is 0 Å². The second kappa shape index (κ2) is 6.04. The molecule has 0 radical (unpaired) electrons. The van der Waals surface area contributed by atoms with Crippen molar-refractivity contribution >= 4 is 17.3 Å². The van der Waals surface area contributed by atoms with E-state index in [-0.39, 0.29) is 12.0 Å². The minimum atomic E-state index is -0.286. The number of hydrogen-bond donors (Lipinski definition) is 1. The van der Waals surface area contributed by atoms with Crippen molar-refractivity contribution in [2.75, 3.05) is 7.11 Å². The number of hydrogen-bond acceptors (Lipinski definition) is 5. The fraction of sp³-hybridized carbons (Fsp3) is 0.357. The average molecular weight is 279 g/mol. The van der Waals surface area contributed by atoms with Gasteiger partial charge in [0.25, 0.3) is 0 Å².